The van der Waals surface area contributed by atoms with Crippen molar-refractivity contribution in [3.8, 4) is 5.75 Å². The summed E-state index contributed by atoms with van der Waals surface area (Å²) in [6.45, 7) is 5.01. The quantitative estimate of drug-likeness (QED) is 0.715. The van der Waals surface area contributed by atoms with Crippen LogP contribution in [0, 0.1) is 13.8 Å². The van der Waals surface area contributed by atoms with Gasteiger partial charge in [0, 0.05) is 16.6 Å². The molecule has 3 aromatic rings. The number of ether oxygens (including phenoxy) is 1. The van der Waals surface area contributed by atoms with Gasteiger partial charge in [-0.05, 0) is 37.8 Å². The predicted octanol–water partition coefficient (Wildman–Crippen LogP) is 4.25. The van der Waals surface area contributed by atoms with Gasteiger partial charge in [0.25, 0.3) is 0 Å². The zero-order chi connectivity index (χ0) is 17.3. The van der Waals surface area contributed by atoms with Crippen LogP contribution in [0.4, 0.5) is 0 Å². The summed E-state index contributed by atoms with van der Waals surface area (Å²) >= 11 is 0. The Balaban J connectivity index is 1.83. The number of ketones is 2. The minimum atomic E-state index is -0.170. The Morgan fingerprint density at radius 1 is 1.04 bits per heavy atom. The molecule has 0 aliphatic carbocycles. The van der Waals surface area contributed by atoms with Crippen LogP contribution in [-0.4, -0.2) is 23.2 Å². The molecular formula is C20H19NO3. The number of aromatic amines is 1. The van der Waals surface area contributed by atoms with E-state index in [0.29, 0.717) is 28.3 Å². The van der Waals surface area contributed by atoms with Crippen LogP contribution in [0.15, 0.2) is 42.5 Å². The van der Waals surface area contributed by atoms with Crippen LogP contribution in [0.25, 0.3) is 10.8 Å². The number of aromatic nitrogens is 1. The average molecular weight is 321 g/mol. The van der Waals surface area contributed by atoms with E-state index in [2.05, 4.69) is 4.98 Å². The lowest BCUT2D eigenvalue weighted by molar-refractivity contribution is 0.0917. The minimum absolute atomic E-state index is 0.0460. The van der Waals surface area contributed by atoms with Gasteiger partial charge in [0.05, 0.1) is 5.69 Å². The smallest absolute Gasteiger partial charge is 0.216 e. The standard InChI is InChI=1S/C20H19NO3/c1-12-19(14(3)22)13(2)21-20(12)17(23)11-24-18-10-6-8-15-7-4-5-9-16(15)18/h4-10,21H,11H2,1-3H3. The number of hydrogen-bond acceptors (Lipinski definition) is 3. The summed E-state index contributed by atoms with van der Waals surface area (Å²) in [5.41, 5.74) is 2.43. The summed E-state index contributed by atoms with van der Waals surface area (Å²) < 4.78 is 5.75. The number of fused-ring (bicyclic) bond motifs is 1. The Bertz CT molecular complexity index is 932. The van der Waals surface area contributed by atoms with Gasteiger partial charge in [-0.2, -0.15) is 0 Å². The van der Waals surface area contributed by atoms with Gasteiger partial charge in [-0.25, -0.2) is 0 Å². The maximum atomic E-state index is 12.5. The molecule has 1 aromatic heterocycles. The van der Waals surface area contributed by atoms with Crippen molar-refractivity contribution in [3.05, 3.63) is 65.0 Å². The maximum absolute atomic E-state index is 12.5. The third-order valence-electron chi connectivity index (χ3n) is 4.18. The van der Waals surface area contributed by atoms with Crippen LogP contribution in [0.5, 0.6) is 5.75 Å². The van der Waals surface area contributed by atoms with Crippen LogP contribution >= 0.6 is 0 Å². The molecular weight excluding hydrogens is 302 g/mol. The van der Waals surface area contributed by atoms with Crippen molar-refractivity contribution < 1.29 is 14.3 Å². The lowest BCUT2D eigenvalue weighted by Gasteiger charge is -2.08. The van der Waals surface area contributed by atoms with E-state index in [1.807, 2.05) is 42.5 Å². The van der Waals surface area contributed by atoms with Crippen molar-refractivity contribution in [2.24, 2.45) is 0 Å². The molecule has 0 saturated heterocycles. The lowest BCUT2D eigenvalue weighted by Crippen LogP contribution is -2.13. The van der Waals surface area contributed by atoms with Gasteiger partial charge in [-0.1, -0.05) is 36.4 Å². The van der Waals surface area contributed by atoms with Gasteiger partial charge < -0.3 is 9.72 Å². The van der Waals surface area contributed by atoms with Crippen molar-refractivity contribution in [3.63, 3.8) is 0 Å². The molecule has 122 valence electrons. The van der Waals surface area contributed by atoms with E-state index >= 15 is 0 Å². The summed E-state index contributed by atoms with van der Waals surface area (Å²) in [7, 11) is 0. The Kier molecular flexibility index (Phi) is 4.21. The van der Waals surface area contributed by atoms with Gasteiger partial charge in [-0.15, -0.1) is 0 Å². The third-order valence-corrected chi connectivity index (χ3v) is 4.18. The van der Waals surface area contributed by atoms with E-state index < -0.39 is 0 Å². The second-order valence-electron chi connectivity index (χ2n) is 5.87. The lowest BCUT2D eigenvalue weighted by atomic mass is 10.1. The Morgan fingerprint density at radius 2 is 1.75 bits per heavy atom. The normalized spacial score (nSPS) is 10.8. The molecule has 0 unspecified atom stereocenters. The molecule has 0 bridgehead atoms. The van der Waals surface area contributed by atoms with Crippen LogP contribution in [0.2, 0.25) is 0 Å². The Labute approximate surface area is 140 Å². The average Bonchev–Trinajstić information content (AvgIpc) is 2.87. The molecule has 1 N–H and O–H groups in total. The molecule has 0 fully saturated rings. The summed E-state index contributed by atoms with van der Waals surface area (Å²) in [5, 5.41) is 2.03. The zero-order valence-corrected chi connectivity index (χ0v) is 14.0. The fourth-order valence-corrected chi connectivity index (χ4v) is 3.09. The number of H-pyrrole nitrogens is 1. The molecule has 0 amide bonds. The number of hydrogen-bond donors (Lipinski definition) is 1. The summed E-state index contributed by atoms with van der Waals surface area (Å²) in [4.78, 5) is 27.2. The highest BCUT2D eigenvalue weighted by Gasteiger charge is 2.20. The Morgan fingerprint density at radius 3 is 2.46 bits per heavy atom. The van der Waals surface area contributed by atoms with Gasteiger partial charge >= 0.3 is 0 Å². The van der Waals surface area contributed by atoms with Gasteiger partial charge in [0.1, 0.15) is 5.75 Å². The number of carbonyl (C=O) groups is 2. The second-order valence-corrected chi connectivity index (χ2v) is 5.87. The van der Waals surface area contributed by atoms with Gasteiger partial charge in [-0.3, -0.25) is 9.59 Å². The van der Waals surface area contributed by atoms with E-state index in [-0.39, 0.29) is 18.2 Å². The molecule has 0 aliphatic heterocycles. The monoisotopic (exact) mass is 321 g/mol. The predicted molar refractivity (Wildman–Crippen MR) is 94.0 cm³/mol. The molecule has 4 heteroatoms. The molecule has 24 heavy (non-hydrogen) atoms. The topological polar surface area (TPSA) is 59.2 Å². The minimum Gasteiger partial charge on any atom is -0.485 e. The number of Topliss-reactive ketones (excluding diaryl/α,β-unsaturated/α-hetero) is 2. The highest BCUT2D eigenvalue weighted by Crippen LogP contribution is 2.25. The molecule has 1 heterocycles. The van der Waals surface area contributed by atoms with E-state index in [1.54, 1.807) is 13.8 Å². The van der Waals surface area contributed by atoms with E-state index in [0.717, 1.165) is 10.8 Å². The van der Waals surface area contributed by atoms with Crippen molar-refractivity contribution in [2.75, 3.05) is 6.61 Å². The number of rotatable bonds is 5. The number of nitrogens with one attached hydrogen (secondary N) is 1. The van der Waals surface area contributed by atoms with Crippen LogP contribution in [-0.2, 0) is 0 Å². The first-order valence-electron chi connectivity index (χ1n) is 7.83. The summed E-state index contributed by atoms with van der Waals surface area (Å²) in [6, 6.07) is 13.6. The van der Waals surface area contributed by atoms with Crippen LogP contribution in [0.1, 0.15) is 39.0 Å². The Hall–Kier alpha value is -2.88. The summed E-state index contributed by atoms with van der Waals surface area (Å²) in [6.07, 6.45) is 0. The van der Waals surface area contributed by atoms with E-state index in [4.69, 9.17) is 4.74 Å². The number of benzene rings is 2. The van der Waals surface area contributed by atoms with Crippen LogP contribution < -0.4 is 4.74 Å². The van der Waals surface area contributed by atoms with E-state index in [1.165, 1.54) is 6.92 Å². The molecule has 0 atom stereocenters. The summed E-state index contributed by atoms with van der Waals surface area (Å²) in [5.74, 6) is 0.459. The van der Waals surface area contributed by atoms with E-state index in [9.17, 15) is 9.59 Å². The largest absolute Gasteiger partial charge is 0.485 e. The van der Waals surface area contributed by atoms with Crippen molar-refractivity contribution in [1.82, 2.24) is 4.98 Å². The SMILES string of the molecule is CC(=O)c1c(C)[nH]c(C(=O)COc2cccc3ccccc23)c1C. The highest BCUT2D eigenvalue weighted by molar-refractivity contribution is 6.03. The number of aryl methyl sites for hydroxylation is 1. The first-order valence-corrected chi connectivity index (χ1v) is 7.83. The van der Waals surface area contributed by atoms with Crippen molar-refractivity contribution in [2.45, 2.75) is 20.8 Å². The number of carbonyl (C=O) groups excluding carboxylic acids is 2. The highest BCUT2D eigenvalue weighted by atomic mass is 16.5. The first kappa shape index (κ1) is 16.0. The maximum Gasteiger partial charge on any atom is 0.216 e. The molecule has 0 spiro atoms. The fourth-order valence-electron chi connectivity index (χ4n) is 3.09. The zero-order valence-electron chi connectivity index (χ0n) is 14.0. The third kappa shape index (κ3) is 2.83. The molecule has 0 aliphatic rings. The molecule has 2 aromatic carbocycles. The molecule has 0 radical (unpaired) electrons. The van der Waals surface area contributed by atoms with Gasteiger partial charge in [0.15, 0.2) is 12.4 Å². The molecule has 3 rings (SSSR count). The van der Waals surface area contributed by atoms with Crippen molar-refractivity contribution in [1.29, 1.82) is 0 Å². The molecule has 4 nitrogen and oxygen atoms in total. The second kappa shape index (κ2) is 6.32. The molecule has 0 saturated carbocycles. The first-order chi connectivity index (χ1) is 11.5. The van der Waals surface area contributed by atoms with Crippen LogP contribution in [0.3, 0.4) is 0 Å². The van der Waals surface area contributed by atoms with Crippen molar-refractivity contribution >= 4 is 22.3 Å². The fraction of sp³-hybridized carbons (Fsp3) is 0.200. The van der Waals surface area contributed by atoms with Gasteiger partial charge in [0.2, 0.25) is 5.78 Å².